The lowest BCUT2D eigenvalue weighted by Crippen LogP contribution is -2.44. The molecular weight excluding hydrogens is 462 g/mol. The van der Waals surface area contributed by atoms with Gasteiger partial charge in [0.25, 0.3) is 5.56 Å². The highest BCUT2D eigenvalue weighted by Crippen LogP contribution is 2.25. The molecule has 0 unspecified atom stereocenters. The van der Waals surface area contributed by atoms with Crippen molar-refractivity contribution in [3.05, 3.63) is 37.6 Å². The van der Waals surface area contributed by atoms with Gasteiger partial charge in [-0.1, -0.05) is 0 Å². The first-order valence-electron chi connectivity index (χ1n) is 9.86. The predicted octanol–water partition coefficient (Wildman–Crippen LogP) is -0.0269. The minimum atomic E-state index is -4.13. The normalized spacial score (nSPS) is 15.4. The van der Waals surface area contributed by atoms with Gasteiger partial charge in [-0.2, -0.15) is 4.31 Å². The Bertz CT molecular complexity index is 1220. The number of sulfonamides is 1. The van der Waals surface area contributed by atoms with E-state index < -0.39 is 38.1 Å². The fourth-order valence-electron chi connectivity index (χ4n) is 3.40. The Labute approximate surface area is 187 Å². The lowest BCUT2D eigenvalue weighted by atomic mass is 9.97. The first-order chi connectivity index (χ1) is 15.1. The number of hydrogen-bond acceptors (Lipinski definition) is 9. The van der Waals surface area contributed by atoms with Gasteiger partial charge in [0, 0.05) is 30.1 Å². The van der Waals surface area contributed by atoms with Crippen LogP contribution < -0.4 is 16.6 Å². The van der Waals surface area contributed by atoms with Crippen LogP contribution in [0.5, 0.6) is 0 Å². The maximum atomic E-state index is 12.9. The molecule has 0 saturated carbocycles. The van der Waals surface area contributed by atoms with E-state index in [0.29, 0.717) is 10.8 Å². The average Bonchev–Trinajstić information content (AvgIpc) is 3.13. The molecule has 0 atom stereocenters. The number of anilines is 1. The van der Waals surface area contributed by atoms with E-state index in [9.17, 15) is 27.6 Å². The van der Waals surface area contributed by atoms with Crippen LogP contribution in [0.4, 0.5) is 5.13 Å². The second-order valence-corrected chi connectivity index (χ2v) is 9.89. The van der Waals surface area contributed by atoms with Gasteiger partial charge in [-0.05, 0) is 26.7 Å². The largest absolute Gasteiger partial charge is 0.466 e. The van der Waals surface area contributed by atoms with Crippen molar-refractivity contribution >= 4 is 38.4 Å². The maximum Gasteiger partial charge on any atom is 0.325 e. The number of rotatable bonds is 7. The smallest absolute Gasteiger partial charge is 0.325 e. The molecule has 3 heterocycles. The SMILES string of the molecule is CCOC(=O)Cc1csc(NC(=O)C2CCN(S(=O)(=O)c3c(C)[nH]c(=O)[nH]c3=O)CC2)n1. The van der Waals surface area contributed by atoms with E-state index in [4.69, 9.17) is 4.74 Å². The van der Waals surface area contributed by atoms with Crippen LogP contribution in [-0.2, 0) is 30.8 Å². The molecular formula is C18H23N5O7S2. The van der Waals surface area contributed by atoms with E-state index in [1.165, 1.54) is 18.3 Å². The van der Waals surface area contributed by atoms with Gasteiger partial charge in [0.05, 0.1) is 18.7 Å². The summed E-state index contributed by atoms with van der Waals surface area (Å²) < 4.78 is 31.8. The molecule has 2 aromatic rings. The second-order valence-electron chi connectivity index (χ2n) is 7.16. The summed E-state index contributed by atoms with van der Waals surface area (Å²) in [6, 6.07) is 0. The molecule has 174 valence electrons. The van der Waals surface area contributed by atoms with Gasteiger partial charge < -0.3 is 15.0 Å². The molecule has 0 bridgehead atoms. The number of H-pyrrole nitrogens is 2. The van der Waals surface area contributed by atoms with Crippen molar-refractivity contribution in [1.29, 1.82) is 0 Å². The minimum Gasteiger partial charge on any atom is -0.466 e. The van der Waals surface area contributed by atoms with Gasteiger partial charge in [0.15, 0.2) is 10.0 Å². The number of hydrogen-bond donors (Lipinski definition) is 3. The van der Waals surface area contributed by atoms with Gasteiger partial charge in [-0.3, -0.25) is 19.4 Å². The van der Waals surface area contributed by atoms with Crippen LogP contribution in [0.25, 0.3) is 0 Å². The van der Waals surface area contributed by atoms with Crippen molar-refractivity contribution in [2.24, 2.45) is 5.92 Å². The van der Waals surface area contributed by atoms with Crippen molar-refractivity contribution in [2.75, 3.05) is 25.0 Å². The number of carbonyl (C=O) groups is 2. The van der Waals surface area contributed by atoms with Crippen LogP contribution in [0.1, 0.15) is 31.2 Å². The van der Waals surface area contributed by atoms with Crippen molar-refractivity contribution in [3.8, 4) is 0 Å². The third-order valence-electron chi connectivity index (χ3n) is 4.91. The van der Waals surface area contributed by atoms with Gasteiger partial charge >= 0.3 is 11.7 Å². The molecule has 1 saturated heterocycles. The van der Waals surface area contributed by atoms with Crippen molar-refractivity contribution in [1.82, 2.24) is 19.3 Å². The highest BCUT2D eigenvalue weighted by molar-refractivity contribution is 7.89. The minimum absolute atomic E-state index is 0.0136. The molecule has 3 rings (SSSR count). The summed E-state index contributed by atoms with van der Waals surface area (Å²) in [4.78, 5) is 55.4. The van der Waals surface area contributed by atoms with E-state index in [2.05, 4.69) is 15.3 Å². The van der Waals surface area contributed by atoms with Gasteiger partial charge in [0.2, 0.25) is 15.9 Å². The molecule has 1 aliphatic rings. The Morgan fingerprint density at radius 1 is 1.28 bits per heavy atom. The molecule has 3 N–H and O–H groups in total. The van der Waals surface area contributed by atoms with E-state index in [-0.39, 0.29) is 50.6 Å². The van der Waals surface area contributed by atoms with Crippen LogP contribution in [0.3, 0.4) is 0 Å². The maximum absolute atomic E-state index is 12.9. The van der Waals surface area contributed by atoms with Crippen molar-refractivity contribution in [3.63, 3.8) is 0 Å². The van der Waals surface area contributed by atoms with Crippen LogP contribution in [0.15, 0.2) is 19.9 Å². The molecule has 14 heteroatoms. The number of aryl methyl sites for hydroxylation is 1. The van der Waals surface area contributed by atoms with E-state index in [0.717, 1.165) is 4.31 Å². The number of nitrogens with zero attached hydrogens (tertiary/aromatic N) is 2. The number of thiazole rings is 1. The number of amides is 1. The van der Waals surface area contributed by atoms with E-state index in [1.807, 2.05) is 4.98 Å². The zero-order chi connectivity index (χ0) is 23.5. The molecule has 1 fully saturated rings. The fourth-order valence-corrected chi connectivity index (χ4v) is 5.79. The summed E-state index contributed by atoms with van der Waals surface area (Å²) in [5, 5.41) is 4.71. The molecule has 12 nitrogen and oxygen atoms in total. The number of aromatic nitrogens is 3. The lowest BCUT2D eigenvalue weighted by Gasteiger charge is -2.30. The Hall–Kier alpha value is -2.84. The molecule has 0 aromatic carbocycles. The Balaban J connectivity index is 1.60. The third-order valence-corrected chi connectivity index (χ3v) is 7.77. The zero-order valence-corrected chi connectivity index (χ0v) is 19.1. The first kappa shape index (κ1) is 23.8. The summed E-state index contributed by atoms with van der Waals surface area (Å²) in [6.45, 7) is 3.42. The number of carbonyl (C=O) groups excluding carboxylic acids is 2. The Morgan fingerprint density at radius 3 is 2.59 bits per heavy atom. The van der Waals surface area contributed by atoms with Gasteiger partial charge in [-0.15, -0.1) is 11.3 Å². The molecule has 0 aliphatic carbocycles. The van der Waals surface area contributed by atoms with Crippen molar-refractivity contribution < 1.29 is 22.7 Å². The molecule has 32 heavy (non-hydrogen) atoms. The fraction of sp³-hybridized carbons (Fsp3) is 0.500. The standard InChI is InChI=1S/C18H23N5O7S2/c1-3-30-13(24)8-12-9-31-18(20-12)22-15(25)11-4-6-23(7-5-11)32(28,29)14-10(2)19-17(27)21-16(14)26/h9,11H,3-8H2,1-2H3,(H,20,22,25)(H2,19,21,26,27). The van der Waals surface area contributed by atoms with Crippen molar-refractivity contribution in [2.45, 2.75) is 38.0 Å². The van der Waals surface area contributed by atoms with Gasteiger partial charge in [0.1, 0.15) is 0 Å². The first-order valence-corrected chi connectivity index (χ1v) is 12.2. The summed E-state index contributed by atoms with van der Waals surface area (Å²) in [6.07, 6.45) is 0.526. The average molecular weight is 486 g/mol. The van der Waals surface area contributed by atoms with Crippen LogP contribution in [0.2, 0.25) is 0 Å². The molecule has 0 radical (unpaired) electrons. The van der Waals surface area contributed by atoms with Crippen LogP contribution in [0, 0.1) is 12.8 Å². The molecule has 1 amide bonds. The van der Waals surface area contributed by atoms with E-state index in [1.54, 1.807) is 12.3 Å². The predicted molar refractivity (Wildman–Crippen MR) is 115 cm³/mol. The Morgan fingerprint density at radius 2 is 1.97 bits per heavy atom. The number of aromatic amines is 2. The van der Waals surface area contributed by atoms with Crippen LogP contribution >= 0.6 is 11.3 Å². The molecule has 0 spiro atoms. The number of esters is 1. The zero-order valence-electron chi connectivity index (χ0n) is 17.5. The van der Waals surface area contributed by atoms with E-state index >= 15 is 0 Å². The number of nitrogens with one attached hydrogen (secondary N) is 3. The number of piperidine rings is 1. The molecule has 1 aliphatic heterocycles. The van der Waals surface area contributed by atoms with Gasteiger partial charge in [-0.25, -0.2) is 18.2 Å². The quantitative estimate of drug-likeness (QED) is 0.459. The highest BCUT2D eigenvalue weighted by atomic mass is 32.2. The Kier molecular flexibility index (Phi) is 7.26. The highest BCUT2D eigenvalue weighted by Gasteiger charge is 2.35. The van der Waals surface area contributed by atoms with Crippen LogP contribution in [-0.4, -0.2) is 59.2 Å². The summed E-state index contributed by atoms with van der Waals surface area (Å²) in [5.41, 5.74) is -1.31. The molecule has 2 aromatic heterocycles. The summed E-state index contributed by atoms with van der Waals surface area (Å²) >= 11 is 1.18. The summed E-state index contributed by atoms with van der Waals surface area (Å²) in [7, 11) is -4.13. The third kappa shape index (κ3) is 5.31. The topological polar surface area (TPSA) is 171 Å². The monoisotopic (exact) mass is 485 g/mol. The number of ether oxygens (including phenoxy) is 1. The second kappa shape index (κ2) is 9.75. The summed E-state index contributed by atoms with van der Waals surface area (Å²) in [5.74, 6) is -1.13. The lowest BCUT2D eigenvalue weighted by molar-refractivity contribution is -0.142.